The van der Waals surface area contributed by atoms with E-state index in [1.165, 1.54) is 48.2 Å². The Bertz CT molecular complexity index is 766. The first-order chi connectivity index (χ1) is 15.7. The van der Waals surface area contributed by atoms with Crippen molar-refractivity contribution in [1.82, 2.24) is 20.5 Å². The van der Waals surface area contributed by atoms with Crippen LogP contribution in [-0.2, 0) is 17.6 Å². The van der Waals surface area contributed by atoms with Gasteiger partial charge < -0.3 is 20.3 Å². The fraction of sp³-hybridized carbons (Fsp3) is 0.593. The molecule has 1 fully saturated rings. The Kier molecular flexibility index (Phi) is 10.5. The third kappa shape index (κ3) is 7.58. The number of pyridine rings is 1. The third-order valence-electron chi connectivity index (χ3n) is 6.35. The number of nitrogens with zero attached hydrogens (tertiary/aromatic N) is 2. The number of allylic oxidation sites excluding steroid dienone is 3. The van der Waals surface area contributed by atoms with Crippen LogP contribution in [0.4, 0.5) is 0 Å². The molecule has 0 unspecified atom stereocenters. The van der Waals surface area contributed by atoms with Crippen LogP contribution < -0.4 is 10.6 Å². The summed E-state index contributed by atoms with van der Waals surface area (Å²) in [5.41, 5.74) is 7.29. The maximum Gasteiger partial charge on any atom is 0.0642 e. The van der Waals surface area contributed by atoms with Crippen LogP contribution in [0.5, 0.6) is 0 Å². The normalized spacial score (nSPS) is 20.1. The van der Waals surface area contributed by atoms with E-state index in [0.717, 1.165) is 52.2 Å². The van der Waals surface area contributed by atoms with Gasteiger partial charge in [-0.3, -0.25) is 4.98 Å². The Morgan fingerprint density at radius 3 is 2.66 bits per heavy atom. The van der Waals surface area contributed by atoms with E-state index in [1.54, 1.807) is 5.57 Å². The predicted molar refractivity (Wildman–Crippen MR) is 134 cm³/mol. The number of morpholine rings is 1. The summed E-state index contributed by atoms with van der Waals surface area (Å²) >= 11 is 0. The molecule has 0 atom stereocenters. The van der Waals surface area contributed by atoms with Crippen molar-refractivity contribution in [3.05, 3.63) is 64.7 Å². The minimum atomic E-state index is 0.634. The van der Waals surface area contributed by atoms with Crippen molar-refractivity contribution < 1.29 is 4.74 Å². The van der Waals surface area contributed by atoms with E-state index in [4.69, 9.17) is 4.74 Å². The average molecular weight is 439 g/mol. The Morgan fingerprint density at radius 2 is 1.91 bits per heavy atom. The summed E-state index contributed by atoms with van der Waals surface area (Å²) in [5, 5.41) is 6.48. The minimum Gasteiger partial charge on any atom is -0.378 e. The second-order valence-corrected chi connectivity index (χ2v) is 9.02. The Labute approximate surface area is 195 Å². The van der Waals surface area contributed by atoms with E-state index in [0.29, 0.717) is 6.04 Å². The van der Waals surface area contributed by atoms with Crippen molar-refractivity contribution in [3.8, 4) is 0 Å². The summed E-state index contributed by atoms with van der Waals surface area (Å²) < 4.78 is 5.44. The topological polar surface area (TPSA) is 49.4 Å². The summed E-state index contributed by atoms with van der Waals surface area (Å²) in [6, 6.07) is 4.86. The second-order valence-electron chi connectivity index (χ2n) is 9.02. The largest absolute Gasteiger partial charge is 0.378 e. The molecule has 4 aliphatic rings. The van der Waals surface area contributed by atoms with E-state index in [2.05, 4.69) is 58.7 Å². The van der Waals surface area contributed by atoms with E-state index >= 15 is 0 Å². The van der Waals surface area contributed by atoms with Gasteiger partial charge in [0.25, 0.3) is 0 Å². The van der Waals surface area contributed by atoms with Gasteiger partial charge in [0, 0.05) is 43.3 Å². The number of rotatable bonds is 2. The highest BCUT2D eigenvalue weighted by atomic mass is 16.5. The summed E-state index contributed by atoms with van der Waals surface area (Å²) in [6.45, 7) is 10.2. The molecule has 2 aliphatic carbocycles. The molecule has 1 aromatic heterocycles. The zero-order valence-corrected chi connectivity index (χ0v) is 20.3. The summed E-state index contributed by atoms with van der Waals surface area (Å²) in [5.74, 6) is 0. The zero-order valence-electron chi connectivity index (χ0n) is 20.3. The molecule has 32 heavy (non-hydrogen) atoms. The van der Waals surface area contributed by atoms with Crippen LogP contribution in [0.2, 0.25) is 0 Å². The van der Waals surface area contributed by atoms with E-state index in [9.17, 15) is 0 Å². The van der Waals surface area contributed by atoms with Crippen LogP contribution in [0.25, 0.3) is 0 Å². The lowest BCUT2D eigenvalue weighted by Crippen LogP contribution is -2.37. The standard InChI is InChI=1S/C14H20N2O.C9H11N.C4H11N/c1-2-4-14(16-7-9-17-10-8-16)13-5-6-15-11-12(13)3-1;1-2-6-9-8(4-1)5-3-7-10-9;1-4(2)5-3/h1,3-4,15H,2,5-11H2;3,5,7H,1-2,4,6H2;4-5H,1-3H3. The lowest BCUT2D eigenvalue weighted by molar-refractivity contribution is 0.0543. The molecule has 2 N–H and O–H groups in total. The molecule has 3 heterocycles. The van der Waals surface area contributed by atoms with Crippen molar-refractivity contribution in [2.45, 2.75) is 58.4 Å². The van der Waals surface area contributed by atoms with Crippen molar-refractivity contribution in [2.75, 3.05) is 46.4 Å². The average Bonchev–Trinajstić information content (AvgIpc) is 3.08. The van der Waals surface area contributed by atoms with E-state index in [-0.39, 0.29) is 0 Å². The number of aromatic nitrogens is 1. The maximum atomic E-state index is 5.44. The van der Waals surface area contributed by atoms with Crippen LogP contribution in [0.15, 0.2) is 53.4 Å². The second kappa shape index (κ2) is 13.6. The lowest BCUT2D eigenvalue weighted by Gasteiger charge is -2.34. The Hall–Kier alpha value is -1.95. The predicted octanol–water partition coefficient (Wildman–Crippen LogP) is 4.03. The fourth-order valence-corrected chi connectivity index (χ4v) is 4.33. The number of hydrogen-bond donors (Lipinski definition) is 2. The summed E-state index contributed by atoms with van der Waals surface area (Å²) in [4.78, 5) is 6.82. The maximum absolute atomic E-state index is 5.44. The molecule has 5 nitrogen and oxygen atoms in total. The van der Waals surface area contributed by atoms with Gasteiger partial charge in [-0.05, 0) is 74.9 Å². The van der Waals surface area contributed by atoms with Gasteiger partial charge in [-0.2, -0.15) is 0 Å². The first kappa shape index (κ1) is 24.7. The highest BCUT2D eigenvalue weighted by Crippen LogP contribution is 2.28. The van der Waals surface area contributed by atoms with Crippen LogP contribution in [0, 0.1) is 0 Å². The van der Waals surface area contributed by atoms with Gasteiger partial charge in [-0.25, -0.2) is 0 Å². The van der Waals surface area contributed by atoms with Gasteiger partial charge in [0.05, 0.1) is 13.2 Å². The highest BCUT2D eigenvalue weighted by Gasteiger charge is 2.21. The molecule has 0 aromatic carbocycles. The molecule has 0 radical (unpaired) electrons. The van der Waals surface area contributed by atoms with E-state index in [1.807, 2.05) is 19.3 Å². The van der Waals surface area contributed by atoms with Gasteiger partial charge in [-0.15, -0.1) is 0 Å². The lowest BCUT2D eigenvalue weighted by atomic mass is 9.96. The van der Waals surface area contributed by atoms with Crippen LogP contribution in [-0.4, -0.2) is 62.4 Å². The molecule has 1 saturated heterocycles. The Balaban J connectivity index is 0.000000163. The molecular formula is C27H42N4O. The fourth-order valence-electron chi connectivity index (χ4n) is 4.33. The summed E-state index contributed by atoms with van der Waals surface area (Å²) in [7, 11) is 1.95. The number of hydrogen-bond acceptors (Lipinski definition) is 5. The number of nitrogens with one attached hydrogen (secondary N) is 2. The number of ether oxygens (including phenoxy) is 1. The monoisotopic (exact) mass is 438 g/mol. The molecule has 0 spiro atoms. The molecule has 0 bridgehead atoms. The molecule has 1 aromatic rings. The molecule has 0 amide bonds. The smallest absolute Gasteiger partial charge is 0.0642 e. The molecule has 0 saturated carbocycles. The minimum absolute atomic E-state index is 0.634. The first-order valence-electron chi connectivity index (χ1n) is 12.4. The molecule has 5 heteroatoms. The van der Waals surface area contributed by atoms with Crippen LogP contribution in [0.1, 0.15) is 50.8 Å². The van der Waals surface area contributed by atoms with Crippen LogP contribution >= 0.6 is 0 Å². The van der Waals surface area contributed by atoms with E-state index < -0.39 is 0 Å². The molecule has 2 aliphatic heterocycles. The quantitative estimate of drug-likeness (QED) is 0.730. The van der Waals surface area contributed by atoms with Crippen molar-refractivity contribution in [2.24, 2.45) is 0 Å². The third-order valence-corrected chi connectivity index (χ3v) is 6.35. The van der Waals surface area contributed by atoms with Crippen LogP contribution in [0.3, 0.4) is 0 Å². The Morgan fingerprint density at radius 1 is 1.12 bits per heavy atom. The van der Waals surface area contributed by atoms with Crippen molar-refractivity contribution in [1.29, 1.82) is 0 Å². The van der Waals surface area contributed by atoms with Crippen molar-refractivity contribution >= 4 is 0 Å². The van der Waals surface area contributed by atoms with Gasteiger partial charge in [0.15, 0.2) is 0 Å². The van der Waals surface area contributed by atoms with Crippen molar-refractivity contribution in [3.63, 3.8) is 0 Å². The molecule has 5 rings (SSSR count). The number of fused-ring (bicyclic) bond motifs is 1. The van der Waals surface area contributed by atoms with Gasteiger partial charge in [0.1, 0.15) is 0 Å². The van der Waals surface area contributed by atoms with Gasteiger partial charge in [0.2, 0.25) is 0 Å². The SMILES string of the molecule is C1=CC2=C(CCNC2)C(N2CCOCC2)=CC1.CNC(C)C.c1cnc2c(c1)CCCC2. The molecular weight excluding hydrogens is 396 g/mol. The summed E-state index contributed by atoms with van der Waals surface area (Å²) in [6.07, 6.45) is 16.2. The zero-order chi connectivity index (χ0) is 22.6. The van der Waals surface area contributed by atoms with Gasteiger partial charge >= 0.3 is 0 Å². The van der Waals surface area contributed by atoms with Gasteiger partial charge in [-0.1, -0.05) is 38.1 Å². The first-order valence-corrected chi connectivity index (χ1v) is 12.4. The molecule has 176 valence electrons. The highest BCUT2D eigenvalue weighted by molar-refractivity contribution is 5.44. The number of aryl methyl sites for hydroxylation is 2.